The van der Waals surface area contributed by atoms with Crippen LogP contribution in [0.1, 0.15) is 29.0 Å². The van der Waals surface area contributed by atoms with E-state index in [0.29, 0.717) is 34.0 Å². The highest BCUT2D eigenvalue weighted by Crippen LogP contribution is 2.52. The monoisotopic (exact) mass is 525 g/mol. The molecule has 0 saturated carbocycles. The fraction of sp³-hybridized carbons (Fsp3) is 0.522. The third-order valence-corrected chi connectivity index (χ3v) is 8.97. The van der Waals surface area contributed by atoms with E-state index in [4.69, 9.17) is 19.7 Å². The van der Waals surface area contributed by atoms with Crippen LogP contribution in [0, 0.1) is 0 Å². The molecule has 3 N–H and O–H groups in total. The van der Waals surface area contributed by atoms with Gasteiger partial charge in [0.05, 0.1) is 23.8 Å². The first-order valence-corrected chi connectivity index (χ1v) is 12.8. The van der Waals surface area contributed by atoms with Gasteiger partial charge in [-0.25, -0.2) is 9.59 Å². The number of hydrogen-bond donors (Lipinski definition) is 3. The number of piperidine rings is 1. The zero-order valence-electron chi connectivity index (χ0n) is 19.1. The van der Waals surface area contributed by atoms with Crippen molar-refractivity contribution in [3.63, 3.8) is 0 Å². The second-order valence-corrected chi connectivity index (χ2v) is 11.3. The summed E-state index contributed by atoms with van der Waals surface area (Å²) in [4.78, 5) is 33.6. The van der Waals surface area contributed by atoms with Crippen LogP contribution in [0.25, 0.3) is 0 Å². The van der Waals surface area contributed by atoms with Gasteiger partial charge in [0.25, 0.3) is 0 Å². The fourth-order valence-electron chi connectivity index (χ4n) is 5.07. The Morgan fingerprint density at radius 1 is 1.14 bits per heavy atom. The number of aliphatic hydroxyl groups is 2. The Bertz CT molecular complexity index is 1010. The summed E-state index contributed by atoms with van der Waals surface area (Å²) < 4.78 is 12.6. The number of likely N-dealkylation sites (N-methyl/N-ethyl adjacent to an activating group) is 1. The molecule has 3 saturated heterocycles. The predicted molar refractivity (Wildman–Crippen MR) is 122 cm³/mol. The van der Waals surface area contributed by atoms with Gasteiger partial charge in [0.1, 0.15) is 30.4 Å². The number of carboxylic acid groups (broad SMARTS) is 2. The summed E-state index contributed by atoms with van der Waals surface area (Å²) in [6.07, 6.45) is -0.668. The van der Waals surface area contributed by atoms with Crippen molar-refractivity contribution in [2.45, 2.75) is 61.4 Å². The molecule has 5 unspecified atom stereocenters. The molecular formula is C23H27NO9S2. The number of carboxylic acids is 2. The lowest BCUT2D eigenvalue weighted by Gasteiger charge is -2.45. The molecule has 2 bridgehead atoms. The Hall–Kier alpha value is -2.35. The molecular weight excluding hydrogens is 498 g/mol. The number of thiophene rings is 2. The zero-order valence-corrected chi connectivity index (χ0v) is 20.7. The standard InChI is InChI=1S/C19H22NO4S2.C4H6O5/c1-20(2)12-9-11(10-13(20)17-16(12)24-17)23-18(21)19(22,14-5-3-7-25-14)15-6-4-8-26-15;5-2(4(8)9)1-3(6)7/h3-8,11-13,16-17,22H,9-10H2,1-2H3;2,5H,1H2,(H,6,7)(H,8,9)/q+1;/p-1. The minimum Gasteiger partial charge on any atom is -0.550 e. The van der Waals surface area contributed by atoms with Crippen LogP contribution in [0.15, 0.2) is 35.0 Å². The van der Waals surface area contributed by atoms with Crippen molar-refractivity contribution in [1.82, 2.24) is 0 Å². The van der Waals surface area contributed by atoms with Gasteiger partial charge in [0.2, 0.25) is 5.60 Å². The van der Waals surface area contributed by atoms with Crippen LogP contribution in [0.3, 0.4) is 0 Å². The third-order valence-electron chi connectivity index (χ3n) is 7.01. The van der Waals surface area contributed by atoms with Gasteiger partial charge in [-0.05, 0) is 22.9 Å². The number of esters is 1. The molecule has 190 valence electrons. The molecule has 10 nitrogen and oxygen atoms in total. The van der Waals surface area contributed by atoms with Crippen molar-refractivity contribution in [3.8, 4) is 0 Å². The van der Waals surface area contributed by atoms with Crippen molar-refractivity contribution < 1.29 is 48.8 Å². The number of carbonyl (C=O) groups excluding carboxylic acids is 2. The summed E-state index contributed by atoms with van der Waals surface area (Å²) in [5.41, 5.74) is -1.72. The number of morpholine rings is 1. The smallest absolute Gasteiger partial charge is 0.349 e. The highest BCUT2D eigenvalue weighted by molar-refractivity contribution is 7.12. The van der Waals surface area contributed by atoms with Gasteiger partial charge in [-0.1, -0.05) is 12.1 Å². The van der Waals surface area contributed by atoms with E-state index in [0.717, 1.165) is 17.3 Å². The Labute approximate surface area is 209 Å². The van der Waals surface area contributed by atoms with Crippen LogP contribution in [-0.2, 0) is 29.5 Å². The largest absolute Gasteiger partial charge is 0.550 e. The lowest BCUT2D eigenvalue weighted by Crippen LogP contribution is -2.60. The SMILES string of the molecule is C[N+]1(C)C2CC(OC(=O)C(O)(c3cccs3)c3cccs3)CC1C1OC12.O=C([O-])CC(O)C(=O)O. The van der Waals surface area contributed by atoms with Crippen LogP contribution < -0.4 is 5.11 Å². The van der Waals surface area contributed by atoms with Crippen molar-refractivity contribution in [2.24, 2.45) is 0 Å². The molecule has 3 fully saturated rings. The van der Waals surface area contributed by atoms with Crippen molar-refractivity contribution in [2.75, 3.05) is 14.1 Å². The van der Waals surface area contributed by atoms with Crippen molar-refractivity contribution in [1.29, 1.82) is 0 Å². The number of fused-ring (bicyclic) bond motifs is 5. The van der Waals surface area contributed by atoms with Crippen LogP contribution in [-0.4, -0.2) is 88.3 Å². The van der Waals surface area contributed by atoms with E-state index in [1.807, 2.05) is 22.9 Å². The first kappa shape index (κ1) is 25.7. The molecule has 0 aromatic carbocycles. The third kappa shape index (κ3) is 4.86. The zero-order chi connectivity index (χ0) is 25.5. The quantitative estimate of drug-likeness (QED) is 0.255. The normalized spacial score (nSPS) is 28.7. The lowest BCUT2D eigenvalue weighted by molar-refractivity contribution is -0.938. The topological polar surface area (TPSA) is 157 Å². The summed E-state index contributed by atoms with van der Waals surface area (Å²) in [7, 11) is 4.49. The first-order chi connectivity index (χ1) is 16.5. The van der Waals surface area contributed by atoms with E-state index in [-0.39, 0.29) is 6.10 Å². The molecule has 5 rings (SSSR count). The van der Waals surface area contributed by atoms with Crippen LogP contribution >= 0.6 is 22.7 Å². The number of nitrogens with zero attached hydrogens (tertiary/aromatic N) is 1. The summed E-state index contributed by atoms with van der Waals surface area (Å²) in [6, 6.07) is 8.01. The number of aliphatic carboxylic acids is 2. The Morgan fingerprint density at radius 3 is 2.03 bits per heavy atom. The summed E-state index contributed by atoms with van der Waals surface area (Å²) in [5, 5.41) is 40.8. The minimum atomic E-state index is -1.85. The molecule has 0 spiro atoms. The maximum atomic E-state index is 13.1. The maximum Gasteiger partial charge on any atom is 0.349 e. The van der Waals surface area contributed by atoms with Gasteiger partial charge in [0, 0.05) is 25.2 Å². The number of ether oxygens (including phenoxy) is 2. The molecule has 35 heavy (non-hydrogen) atoms. The van der Waals surface area contributed by atoms with E-state index < -0.39 is 36.0 Å². The van der Waals surface area contributed by atoms with Crippen molar-refractivity contribution >= 4 is 40.6 Å². The molecule has 2 aromatic rings. The van der Waals surface area contributed by atoms with E-state index in [9.17, 15) is 24.6 Å². The highest BCUT2D eigenvalue weighted by atomic mass is 32.1. The van der Waals surface area contributed by atoms with Gasteiger partial charge < -0.3 is 39.2 Å². The van der Waals surface area contributed by atoms with E-state index >= 15 is 0 Å². The average Bonchev–Trinajstić information content (AvgIpc) is 3.13. The first-order valence-electron chi connectivity index (χ1n) is 11.1. The minimum absolute atomic E-state index is 0.161. The van der Waals surface area contributed by atoms with E-state index in [1.54, 1.807) is 12.1 Å². The van der Waals surface area contributed by atoms with Gasteiger partial charge in [-0.15, -0.1) is 22.7 Å². The number of quaternary nitrogens is 1. The molecule has 5 atom stereocenters. The van der Waals surface area contributed by atoms with Crippen LogP contribution in [0.5, 0.6) is 0 Å². The van der Waals surface area contributed by atoms with Crippen molar-refractivity contribution in [3.05, 3.63) is 44.8 Å². The molecule has 0 aliphatic carbocycles. The maximum absolute atomic E-state index is 13.1. The van der Waals surface area contributed by atoms with Crippen LogP contribution in [0.4, 0.5) is 0 Å². The Kier molecular flexibility index (Phi) is 7.06. The van der Waals surface area contributed by atoms with Gasteiger partial charge in [0.15, 0.2) is 6.10 Å². The molecule has 0 radical (unpaired) electrons. The lowest BCUT2D eigenvalue weighted by atomic mass is 9.95. The van der Waals surface area contributed by atoms with E-state index in [1.165, 1.54) is 22.7 Å². The summed E-state index contributed by atoms with van der Waals surface area (Å²) in [5.74, 6) is -3.70. The van der Waals surface area contributed by atoms with Gasteiger partial charge in [-0.3, -0.25) is 0 Å². The molecule has 0 amide bonds. The number of carbonyl (C=O) groups is 3. The predicted octanol–water partition coefficient (Wildman–Crippen LogP) is -0.0824. The molecule has 5 heterocycles. The van der Waals surface area contributed by atoms with Gasteiger partial charge >= 0.3 is 11.9 Å². The number of rotatable bonds is 7. The molecule has 3 aliphatic rings. The van der Waals surface area contributed by atoms with E-state index in [2.05, 4.69) is 14.1 Å². The fourth-order valence-corrected chi connectivity index (χ4v) is 6.79. The highest BCUT2D eigenvalue weighted by Gasteiger charge is 2.71. The summed E-state index contributed by atoms with van der Waals surface area (Å²) >= 11 is 2.74. The number of aliphatic hydroxyl groups excluding tert-OH is 1. The summed E-state index contributed by atoms with van der Waals surface area (Å²) in [6.45, 7) is 0. The number of hydrogen-bond acceptors (Lipinski definition) is 10. The Morgan fingerprint density at radius 2 is 1.66 bits per heavy atom. The van der Waals surface area contributed by atoms with Crippen LogP contribution in [0.2, 0.25) is 0 Å². The van der Waals surface area contributed by atoms with Gasteiger partial charge in [-0.2, -0.15) is 0 Å². The Balaban J connectivity index is 0.000000277. The molecule has 2 aromatic heterocycles. The second kappa shape index (κ2) is 9.60. The number of epoxide rings is 1. The average molecular weight is 526 g/mol. The molecule has 3 aliphatic heterocycles. The second-order valence-electron chi connectivity index (χ2n) is 9.42. The molecule has 12 heteroatoms.